The third-order valence-electron chi connectivity index (χ3n) is 3.30. The summed E-state index contributed by atoms with van der Waals surface area (Å²) < 4.78 is 9.08. The monoisotopic (exact) mass is 259 g/mol. The van der Waals surface area contributed by atoms with Crippen LogP contribution in [0.2, 0.25) is 0 Å². The Hall–Kier alpha value is -2.17. The van der Waals surface area contributed by atoms with Crippen molar-refractivity contribution in [3.63, 3.8) is 0 Å². The van der Waals surface area contributed by atoms with Gasteiger partial charge in [-0.25, -0.2) is 4.79 Å². The summed E-state index contributed by atoms with van der Waals surface area (Å²) in [5.74, 6) is 0.767. The molecule has 1 aliphatic carbocycles. The van der Waals surface area contributed by atoms with E-state index in [0.29, 0.717) is 24.9 Å². The highest BCUT2D eigenvalue weighted by atomic mass is 16.5. The average Bonchev–Trinajstić information content (AvgIpc) is 3.18. The van der Waals surface area contributed by atoms with E-state index in [1.807, 2.05) is 29.1 Å². The van der Waals surface area contributed by atoms with Crippen LogP contribution >= 0.6 is 0 Å². The standard InChI is InChI=1S/C14H17N3O2/c15-11-1-5-13(6-2-11)19-10-9-16-7-8-17(14(16)18)12-3-4-12/h1-2,5-8,12H,3-4,9-10,15H2. The largest absolute Gasteiger partial charge is 0.492 e. The molecule has 0 spiro atoms. The Morgan fingerprint density at radius 3 is 2.63 bits per heavy atom. The number of imidazole rings is 1. The van der Waals surface area contributed by atoms with Crippen LogP contribution in [-0.2, 0) is 6.54 Å². The molecule has 1 aliphatic rings. The van der Waals surface area contributed by atoms with Gasteiger partial charge in [-0.15, -0.1) is 0 Å². The van der Waals surface area contributed by atoms with E-state index >= 15 is 0 Å². The summed E-state index contributed by atoms with van der Waals surface area (Å²) in [6, 6.07) is 7.67. The molecular formula is C14H17N3O2. The Labute approximate surface area is 111 Å². The number of hydrogen-bond donors (Lipinski definition) is 1. The average molecular weight is 259 g/mol. The second-order valence-electron chi connectivity index (χ2n) is 4.83. The topological polar surface area (TPSA) is 62.2 Å². The van der Waals surface area contributed by atoms with Crippen LogP contribution in [-0.4, -0.2) is 15.7 Å². The Kier molecular flexibility index (Phi) is 3.03. The first-order valence-corrected chi connectivity index (χ1v) is 6.49. The molecule has 2 aromatic rings. The van der Waals surface area contributed by atoms with Crippen LogP contribution in [0.4, 0.5) is 5.69 Å². The summed E-state index contributed by atoms with van der Waals surface area (Å²) in [4.78, 5) is 12.0. The second-order valence-corrected chi connectivity index (χ2v) is 4.83. The lowest BCUT2D eigenvalue weighted by molar-refractivity contribution is 0.296. The molecule has 5 heteroatoms. The number of nitrogen functional groups attached to an aromatic ring is 1. The number of nitrogens with two attached hydrogens (primary N) is 1. The van der Waals surface area contributed by atoms with Gasteiger partial charge in [0.1, 0.15) is 12.4 Å². The fraction of sp³-hybridized carbons (Fsp3) is 0.357. The molecule has 5 nitrogen and oxygen atoms in total. The number of aromatic nitrogens is 2. The van der Waals surface area contributed by atoms with Crippen molar-refractivity contribution in [3.05, 3.63) is 47.1 Å². The third-order valence-corrected chi connectivity index (χ3v) is 3.30. The molecule has 19 heavy (non-hydrogen) atoms. The van der Waals surface area contributed by atoms with Crippen molar-refractivity contribution >= 4 is 5.69 Å². The van der Waals surface area contributed by atoms with Gasteiger partial charge in [-0.2, -0.15) is 0 Å². The normalized spacial score (nSPS) is 14.5. The second kappa shape index (κ2) is 4.84. The molecule has 0 unspecified atom stereocenters. The lowest BCUT2D eigenvalue weighted by atomic mass is 10.3. The van der Waals surface area contributed by atoms with Crippen molar-refractivity contribution in [3.8, 4) is 5.75 Å². The van der Waals surface area contributed by atoms with Crippen LogP contribution in [0.25, 0.3) is 0 Å². The zero-order chi connectivity index (χ0) is 13.2. The van der Waals surface area contributed by atoms with Crippen molar-refractivity contribution in [2.75, 3.05) is 12.3 Å². The molecule has 0 aliphatic heterocycles. The molecule has 1 aromatic heterocycles. The van der Waals surface area contributed by atoms with Gasteiger partial charge in [-0.05, 0) is 37.1 Å². The zero-order valence-corrected chi connectivity index (χ0v) is 10.7. The first kappa shape index (κ1) is 11.9. The van der Waals surface area contributed by atoms with Gasteiger partial charge in [0.25, 0.3) is 0 Å². The summed E-state index contributed by atoms with van der Waals surface area (Å²) >= 11 is 0. The molecule has 0 bridgehead atoms. The third kappa shape index (κ3) is 2.65. The van der Waals surface area contributed by atoms with Crippen molar-refractivity contribution in [2.45, 2.75) is 25.4 Å². The lowest BCUT2D eigenvalue weighted by Crippen LogP contribution is -2.25. The number of rotatable bonds is 5. The molecule has 3 rings (SSSR count). The van der Waals surface area contributed by atoms with Gasteiger partial charge in [0.2, 0.25) is 0 Å². The summed E-state index contributed by atoms with van der Waals surface area (Å²) in [5, 5.41) is 0. The van der Waals surface area contributed by atoms with Crippen molar-refractivity contribution in [1.82, 2.24) is 9.13 Å². The molecular weight excluding hydrogens is 242 g/mol. The Bertz CT molecular complexity index is 608. The molecule has 1 aromatic carbocycles. The van der Waals surface area contributed by atoms with E-state index in [-0.39, 0.29) is 5.69 Å². The smallest absolute Gasteiger partial charge is 0.328 e. The van der Waals surface area contributed by atoms with Gasteiger partial charge >= 0.3 is 5.69 Å². The molecule has 0 atom stereocenters. The summed E-state index contributed by atoms with van der Waals surface area (Å²) in [5.41, 5.74) is 6.37. The SMILES string of the molecule is Nc1ccc(OCCn2ccn(C3CC3)c2=O)cc1. The Balaban J connectivity index is 1.57. The molecule has 1 saturated carbocycles. The van der Waals surface area contributed by atoms with Crippen molar-refractivity contribution in [1.29, 1.82) is 0 Å². The van der Waals surface area contributed by atoms with E-state index in [2.05, 4.69) is 0 Å². The molecule has 0 amide bonds. The van der Waals surface area contributed by atoms with Crippen LogP contribution in [0.15, 0.2) is 41.5 Å². The predicted octanol–water partition coefficient (Wildman–Crippen LogP) is 1.65. The van der Waals surface area contributed by atoms with Crippen LogP contribution in [0.5, 0.6) is 5.75 Å². The van der Waals surface area contributed by atoms with Gasteiger partial charge in [-0.1, -0.05) is 0 Å². The van der Waals surface area contributed by atoms with E-state index in [4.69, 9.17) is 10.5 Å². The number of nitrogens with zero attached hydrogens (tertiary/aromatic N) is 2. The van der Waals surface area contributed by atoms with Crippen LogP contribution in [0.1, 0.15) is 18.9 Å². The van der Waals surface area contributed by atoms with Gasteiger partial charge < -0.3 is 10.5 Å². The Morgan fingerprint density at radius 2 is 1.95 bits per heavy atom. The highest BCUT2D eigenvalue weighted by Gasteiger charge is 2.25. The van der Waals surface area contributed by atoms with Gasteiger partial charge in [-0.3, -0.25) is 9.13 Å². The minimum Gasteiger partial charge on any atom is -0.492 e. The maximum absolute atomic E-state index is 12.0. The molecule has 1 heterocycles. The quantitative estimate of drug-likeness (QED) is 0.830. The Morgan fingerprint density at radius 1 is 1.21 bits per heavy atom. The lowest BCUT2D eigenvalue weighted by Gasteiger charge is -2.06. The summed E-state index contributed by atoms with van der Waals surface area (Å²) in [6.07, 6.45) is 5.92. The van der Waals surface area contributed by atoms with E-state index in [1.54, 1.807) is 16.7 Å². The van der Waals surface area contributed by atoms with Gasteiger partial charge in [0.05, 0.1) is 6.54 Å². The summed E-state index contributed by atoms with van der Waals surface area (Å²) in [6.45, 7) is 1.03. The fourth-order valence-electron chi connectivity index (χ4n) is 2.05. The van der Waals surface area contributed by atoms with Crippen LogP contribution in [0, 0.1) is 0 Å². The first-order valence-electron chi connectivity index (χ1n) is 6.49. The number of anilines is 1. The minimum absolute atomic E-state index is 0.0587. The van der Waals surface area contributed by atoms with E-state index in [1.165, 1.54) is 0 Å². The van der Waals surface area contributed by atoms with Crippen LogP contribution < -0.4 is 16.2 Å². The van der Waals surface area contributed by atoms with Crippen molar-refractivity contribution < 1.29 is 4.74 Å². The molecule has 100 valence electrons. The first-order chi connectivity index (χ1) is 9.24. The number of hydrogen-bond acceptors (Lipinski definition) is 3. The van der Waals surface area contributed by atoms with E-state index < -0.39 is 0 Å². The van der Waals surface area contributed by atoms with Crippen LogP contribution in [0.3, 0.4) is 0 Å². The maximum Gasteiger partial charge on any atom is 0.328 e. The molecule has 1 fully saturated rings. The highest BCUT2D eigenvalue weighted by molar-refractivity contribution is 5.41. The fourth-order valence-corrected chi connectivity index (χ4v) is 2.05. The van der Waals surface area contributed by atoms with E-state index in [0.717, 1.165) is 18.6 Å². The molecule has 0 radical (unpaired) electrons. The molecule has 2 N–H and O–H groups in total. The predicted molar refractivity (Wildman–Crippen MR) is 73.3 cm³/mol. The highest BCUT2D eigenvalue weighted by Crippen LogP contribution is 2.33. The van der Waals surface area contributed by atoms with E-state index in [9.17, 15) is 4.79 Å². The number of benzene rings is 1. The van der Waals surface area contributed by atoms with Gasteiger partial charge in [0, 0.05) is 24.1 Å². The maximum atomic E-state index is 12.0. The van der Waals surface area contributed by atoms with Gasteiger partial charge in [0.15, 0.2) is 0 Å². The molecule has 0 saturated heterocycles. The zero-order valence-electron chi connectivity index (χ0n) is 10.7. The minimum atomic E-state index is 0.0587. The summed E-state index contributed by atoms with van der Waals surface area (Å²) in [7, 11) is 0. The van der Waals surface area contributed by atoms with Crippen molar-refractivity contribution in [2.24, 2.45) is 0 Å². The number of ether oxygens (including phenoxy) is 1.